The lowest BCUT2D eigenvalue weighted by Gasteiger charge is -2.13. The van der Waals surface area contributed by atoms with Gasteiger partial charge in [0, 0.05) is 11.6 Å². The topological polar surface area (TPSA) is 66.0 Å². The molecular weight excluding hydrogens is 324 g/mol. The average molecular weight is 342 g/mol. The van der Waals surface area contributed by atoms with Crippen LogP contribution >= 0.6 is 0 Å². The Morgan fingerprint density at radius 1 is 1.04 bits per heavy atom. The van der Waals surface area contributed by atoms with Gasteiger partial charge in [0.25, 0.3) is 5.91 Å². The van der Waals surface area contributed by atoms with Crippen molar-refractivity contribution in [2.24, 2.45) is 0 Å². The third-order valence-corrected chi connectivity index (χ3v) is 3.98. The maximum Gasteiger partial charge on any atom is 0.262 e. The van der Waals surface area contributed by atoms with Crippen molar-refractivity contribution < 1.29 is 9.21 Å². The number of nitrogens with one attached hydrogen (secondary N) is 1. The molecule has 1 aromatic heterocycles. The smallest absolute Gasteiger partial charge is 0.262 e. The van der Waals surface area contributed by atoms with Gasteiger partial charge in [0.1, 0.15) is 23.2 Å². The van der Waals surface area contributed by atoms with Gasteiger partial charge in [0.15, 0.2) is 0 Å². The van der Waals surface area contributed by atoms with E-state index in [4.69, 9.17) is 4.42 Å². The first-order chi connectivity index (χ1) is 12.7. The standard InChI is InChI=1S/C22H18N2O2/c1-16(17-8-4-2-5-9-17)24-22(25)19(15-23)14-20-12-13-21(26-20)18-10-6-3-7-11-18/h2-14,16H,1H3,(H,24,25)/b19-14-/t16-/m1/s1. The van der Waals surface area contributed by atoms with Gasteiger partial charge in [-0.3, -0.25) is 4.79 Å². The fourth-order valence-corrected chi connectivity index (χ4v) is 2.58. The van der Waals surface area contributed by atoms with Crippen molar-refractivity contribution in [1.82, 2.24) is 5.32 Å². The lowest BCUT2D eigenvalue weighted by Crippen LogP contribution is -2.27. The summed E-state index contributed by atoms with van der Waals surface area (Å²) in [5, 5.41) is 12.2. The predicted molar refractivity (Wildman–Crippen MR) is 101 cm³/mol. The molecule has 1 amide bonds. The molecule has 3 aromatic rings. The molecule has 0 bridgehead atoms. The van der Waals surface area contributed by atoms with E-state index in [1.807, 2.05) is 79.7 Å². The van der Waals surface area contributed by atoms with E-state index in [0.29, 0.717) is 11.5 Å². The van der Waals surface area contributed by atoms with Crippen LogP contribution in [0.5, 0.6) is 0 Å². The highest BCUT2D eigenvalue weighted by Gasteiger charge is 2.14. The Labute approximate surface area is 152 Å². The SMILES string of the molecule is C[C@@H](NC(=O)/C(C#N)=C\c1ccc(-c2ccccc2)o1)c1ccccc1. The summed E-state index contributed by atoms with van der Waals surface area (Å²) in [6.45, 7) is 1.88. The largest absolute Gasteiger partial charge is 0.457 e. The zero-order valence-corrected chi connectivity index (χ0v) is 14.3. The van der Waals surface area contributed by atoms with E-state index in [9.17, 15) is 10.1 Å². The molecule has 1 atom stereocenters. The minimum atomic E-state index is -0.429. The first-order valence-corrected chi connectivity index (χ1v) is 8.30. The Balaban J connectivity index is 1.75. The molecule has 1 N–H and O–H groups in total. The lowest BCUT2D eigenvalue weighted by molar-refractivity contribution is -0.117. The Bertz CT molecular complexity index is 951. The van der Waals surface area contributed by atoms with E-state index in [1.54, 1.807) is 6.07 Å². The molecular formula is C22H18N2O2. The second kappa shape index (κ2) is 8.00. The number of hydrogen-bond donors (Lipinski definition) is 1. The van der Waals surface area contributed by atoms with E-state index < -0.39 is 5.91 Å². The predicted octanol–water partition coefficient (Wildman–Crippen LogP) is 4.73. The minimum absolute atomic E-state index is 0.00161. The minimum Gasteiger partial charge on any atom is -0.457 e. The van der Waals surface area contributed by atoms with Gasteiger partial charge in [-0.05, 0) is 24.6 Å². The Morgan fingerprint density at radius 3 is 2.35 bits per heavy atom. The molecule has 0 aliphatic rings. The summed E-state index contributed by atoms with van der Waals surface area (Å²) in [5.74, 6) is 0.719. The van der Waals surface area contributed by atoms with Crippen molar-refractivity contribution in [3.05, 3.63) is 89.7 Å². The maximum absolute atomic E-state index is 12.4. The molecule has 0 unspecified atom stereocenters. The highest BCUT2D eigenvalue weighted by Crippen LogP contribution is 2.23. The molecule has 2 aromatic carbocycles. The highest BCUT2D eigenvalue weighted by molar-refractivity contribution is 6.01. The molecule has 1 heterocycles. The highest BCUT2D eigenvalue weighted by atomic mass is 16.3. The van der Waals surface area contributed by atoms with E-state index in [0.717, 1.165) is 11.1 Å². The second-order valence-electron chi connectivity index (χ2n) is 5.84. The number of nitrogens with zero attached hydrogens (tertiary/aromatic N) is 1. The van der Waals surface area contributed by atoms with Gasteiger partial charge in [-0.2, -0.15) is 5.26 Å². The Kier molecular flexibility index (Phi) is 5.31. The molecule has 4 nitrogen and oxygen atoms in total. The Hall–Kier alpha value is -3.58. The van der Waals surface area contributed by atoms with Crippen molar-refractivity contribution >= 4 is 12.0 Å². The third kappa shape index (κ3) is 4.08. The molecule has 26 heavy (non-hydrogen) atoms. The summed E-state index contributed by atoms with van der Waals surface area (Å²) >= 11 is 0. The molecule has 0 radical (unpaired) electrons. The first-order valence-electron chi connectivity index (χ1n) is 8.30. The molecule has 0 saturated carbocycles. The number of rotatable bonds is 5. The van der Waals surface area contributed by atoms with Crippen LogP contribution in [0.4, 0.5) is 0 Å². The second-order valence-corrected chi connectivity index (χ2v) is 5.84. The summed E-state index contributed by atoms with van der Waals surface area (Å²) in [7, 11) is 0. The van der Waals surface area contributed by atoms with Gasteiger partial charge in [0.2, 0.25) is 0 Å². The van der Waals surface area contributed by atoms with Crippen molar-refractivity contribution in [2.45, 2.75) is 13.0 Å². The summed E-state index contributed by atoms with van der Waals surface area (Å²) in [6, 6.07) is 24.6. The van der Waals surface area contributed by atoms with Crippen LogP contribution in [0.15, 0.2) is 82.8 Å². The quantitative estimate of drug-likeness (QED) is 0.538. The maximum atomic E-state index is 12.4. The van der Waals surface area contributed by atoms with Gasteiger partial charge in [0.05, 0.1) is 6.04 Å². The van der Waals surface area contributed by atoms with E-state index in [1.165, 1.54) is 6.08 Å². The van der Waals surface area contributed by atoms with Crippen LogP contribution in [0.2, 0.25) is 0 Å². The summed E-state index contributed by atoms with van der Waals surface area (Å²) in [5.41, 5.74) is 1.91. The van der Waals surface area contributed by atoms with Crippen LogP contribution in [0.3, 0.4) is 0 Å². The lowest BCUT2D eigenvalue weighted by atomic mass is 10.1. The summed E-state index contributed by atoms with van der Waals surface area (Å²) in [6.07, 6.45) is 1.46. The van der Waals surface area contributed by atoms with Crippen molar-refractivity contribution in [3.63, 3.8) is 0 Å². The average Bonchev–Trinajstić information content (AvgIpc) is 3.16. The number of furan rings is 1. The summed E-state index contributed by atoms with van der Waals surface area (Å²) in [4.78, 5) is 12.4. The molecule has 0 aliphatic carbocycles. The normalized spacial score (nSPS) is 12.2. The number of carbonyl (C=O) groups is 1. The number of nitriles is 1. The van der Waals surface area contributed by atoms with E-state index in [2.05, 4.69) is 5.32 Å². The molecule has 3 rings (SSSR count). The molecule has 0 spiro atoms. The van der Waals surface area contributed by atoms with E-state index in [-0.39, 0.29) is 11.6 Å². The fourth-order valence-electron chi connectivity index (χ4n) is 2.58. The van der Waals surface area contributed by atoms with Crippen LogP contribution in [-0.2, 0) is 4.79 Å². The van der Waals surface area contributed by atoms with E-state index >= 15 is 0 Å². The fraction of sp³-hybridized carbons (Fsp3) is 0.0909. The van der Waals surface area contributed by atoms with Crippen molar-refractivity contribution in [3.8, 4) is 17.4 Å². The van der Waals surface area contributed by atoms with Crippen LogP contribution in [0.1, 0.15) is 24.3 Å². The number of carbonyl (C=O) groups excluding carboxylic acids is 1. The van der Waals surface area contributed by atoms with Crippen molar-refractivity contribution in [1.29, 1.82) is 5.26 Å². The number of amides is 1. The van der Waals surface area contributed by atoms with Gasteiger partial charge < -0.3 is 9.73 Å². The van der Waals surface area contributed by atoms with Crippen LogP contribution in [0.25, 0.3) is 17.4 Å². The van der Waals surface area contributed by atoms with Gasteiger partial charge in [-0.25, -0.2) is 0 Å². The monoisotopic (exact) mass is 342 g/mol. The van der Waals surface area contributed by atoms with Gasteiger partial charge in [-0.1, -0.05) is 60.7 Å². The van der Waals surface area contributed by atoms with Gasteiger partial charge in [-0.15, -0.1) is 0 Å². The number of benzene rings is 2. The molecule has 128 valence electrons. The third-order valence-electron chi connectivity index (χ3n) is 3.98. The molecule has 0 saturated heterocycles. The molecule has 0 aliphatic heterocycles. The van der Waals surface area contributed by atoms with Crippen LogP contribution in [-0.4, -0.2) is 5.91 Å². The van der Waals surface area contributed by atoms with Crippen LogP contribution in [0, 0.1) is 11.3 Å². The molecule has 0 fully saturated rings. The molecule has 4 heteroatoms. The number of hydrogen-bond acceptors (Lipinski definition) is 3. The first kappa shape index (κ1) is 17.2. The summed E-state index contributed by atoms with van der Waals surface area (Å²) < 4.78 is 5.73. The van der Waals surface area contributed by atoms with Crippen molar-refractivity contribution in [2.75, 3.05) is 0 Å². The van der Waals surface area contributed by atoms with Gasteiger partial charge >= 0.3 is 0 Å². The zero-order valence-electron chi connectivity index (χ0n) is 14.3. The Morgan fingerprint density at radius 2 is 1.69 bits per heavy atom. The zero-order chi connectivity index (χ0) is 18.4. The van der Waals surface area contributed by atoms with Crippen LogP contribution < -0.4 is 5.32 Å².